The predicted octanol–water partition coefficient (Wildman–Crippen LogP) is 3.31. The Hall–Kier alpha value is -0.510. The van der Waals surface area contributed by atoms with E-state index in [-0.39, 0.29) is 12.1 Å². The number of benzene rings is 1. The van der Waals surface area contributed by atoms with Gasteiger partial charge in [-0.3, -0.25) is 0 Å². The van der Waals surface area contributed by atoms with E-state index in [2.05, 4.69) is 50.4 Å². The molecule has 0 radical (unpaired) electrons. The van der Waals surface area contributed by atoms with Crippen LogP contribution in [0.2, 0.25) is 0 Å². The maximum absolute atomic E-state index is 9.56. The van der Waals surface area contributed by atoms with Gasteiger partial charge in [0.15, 0.2) is 0 Å². The van der Waals surface area contributed by atoms with Gasteiger partial charge in [-0.25, -0.2) is 0 Å². The molecule has 2 nitrogen and oxygen atoms in total. The van der Waals surface area contributed by atoms with E-state index in [0.717, 1.165) is 19.4 Å². The molecule has 0 spiro atoms. The number of aliphatic hydroxyl groups excluding tert-OH is 1. The highest BCUT2D eigenvalue weighted by Gasteiger charge is 2.25. The van der Waals surface area contributed by atoms with Gasteiger partial charge in [-0.1, -0.05) is 32.0 Å². The topological polar surface area (TPSA) is 32.3 Å². The van der Waals surface area contributed by atoms with Gasteiger partial charge in [0, 0.05) is 15.7 Å². The van der Waals surface area contributed by atoms with Gasteiger partial charge >= 0.3 is 0 Å². The summed E-state index contributed by atoms with van der Waals surface area (Å²) in [6.45, 7) is 7.61. The average molecular weight is 267 g/mol. The number of hydrogen-bond donors (Lipinski definition) is 2. The first-order valence-corrected chi connectivity index (χ1v) is 7.55. The molecule has 0 aromatic heterocycles. The third kappa shape index (κ3) is 5.42. The molecule has 0 bridgehead atoms. The maximum Gasteiger partial charge on any atom is 0.0611 e. The lowest BCUT2D eigenvalue weighted by molar-refractivity contribution is 0.166. The maximum atomic E-state index is 9.56. The standard InChI is InChI=1S/C15H25NOS/c1-4-10-16-15(3,12-17)11-13(2)18-14-8-6-5-7-9-14/h5-9,13,16-17H,4,10-12H2,1-3H3. The normalized spacial score (nSPS) is 16.2. The van der Waals surface area contributed by atoms with Crippen LogP contribution >= 0.6 is 11.8 Å². The smallest absolute Gasteiger partial charge is 0.0611 e. The first-order valence-electron chi connectivity index (χ1n) is 6.67. The Morgan fingerprint density at radius 2 is 2.00 bits per heavy atom. The molecule has 0 saturated heterocycles. The molecule has 2 N–H and O–H groups in total. The van der Waals surface area contributed by atoms with Crippen LogP contribution in [0, 0.1) is 0 Å². The van der Waals surface area contributed by atoms with Crippen molar-refractivity contribution in [2.24, 2.45) is 0 Å². The third-order valence-electron chi connectivity index (χ3n) is 2.97. The van der Waals surface area contributed by atoms with Gasteiger partial charge in [-0.05, 0) is 38.4 Å². The molecule has 0 fully saturated rings. The van der Waals surface area contributed by atoms with Crippen LogP contribution in [0.25, 0.3) is 0 Å². The summed E-state index contributed by atoms with van der Waals surface area (Å²) in [6, 6.07) is 10.4. The van der Waals surface area contributed by atoms with Crippen LogP contribution in [-0.2, 0) is 0 Å². The summed E-state index contributed by atoms with van der Waals surface area (Å²) in [5, 5.41) is 13.5. The minimum absolute atomic E-state index is 0.169. The van der Waals surface area contributed by atoms with Crippen molar-refractivity contribution in [2.75, 3.05) is 13.2 Å². The van der Waals surface area contributed by atoms with E-state index in [0.29, 0.717) is 5.25 Å². The number of hydrogen-bond acceptors (Lipinski definition) is 3. The molecule has 0 aliphatic heterocycles. The van der Waals surface area contributed by atoms with Crippen molar-refractivity contribution >= 4 is 11.8 Å². The van der Waals surface area contributed by atoms with Gasteiger partial charge in [0.1, 0.15) is 0 Å². The molecule has 2 atom stereocenters. The fourth-order valence-electron chi connectivity index (χ4n) is 2.03. The lowest BCUT2D eigenvalue weighted by atomic mass is 9.97. The van der Waals surface area contributed by atoms with E-state index in [9.17, 15) is 5.11 Å². The fraction of sp³-hybridized carbons (Fsp3) is 0.600. The van der Waals surface area contributed by atoms with E-state index in [1.54, 1.807) is 0 Å². The van der Waals surface area contributed by atoms with E-state index in [4.69, 9.17) is 0 Å². The highest BCUT2D eigenvalue weighted by atomic mass is 32.2. The van der Waals surface area contributed by atoms with Crippen molar-refractivity contribution in [3.8, 4) is 0 Å². The first kappa shape index (κ1) is 15.5. The number of aliphatic hydroxyl groups is 1. The Labute approximate surface area is 115 Å². The molecule has 0 heterocycles. The van der Waals surface area contributed by atoms with Crippen molar-refractivity contribution in [3.05, 3.63) is 30.3 Å². The fourth-order valence-corrected chi connectivity index (χ4v) is 3.26. The number of nitrogens with one attached hydrogen (secondary N) is 1. The molecule has 2 unspecified atom stereocenters. The lowest BCUT2D eigenvalue weighted by Gasteiger charge is -2.31. The molecule has 1 aromatic rings. The van der Waals surface area contributed by atoms with Crippen molar-refractivity contribution in [1.29, 1.82) is 0 Å². The Morgan fingerprint density at radius 1 is 1.33 bits per heavy atom. The summed E-state index contributed by atoms with van der Waals surface area (Å²) in [5.74, 6) is 0. The summed E-state index contributed by atoms with van der Waals surface area (Å²) in [6.07, 6.45) is 2.05. The van der Waals surface area contributed by atoms with Crippen LogP contribution < -0.4 is 5.32 Å². The third-order valence-corrected chi connectivity index (χ3v) is 4.08. The van der Waals surface area contributed by atoms with Gasteiger partial charge < -0.3 is 10.4 Å². The summed E-state index contributed by atoms with van der Waals surface area (Å²) in [4.78, 5) is 1.29. The minimum Gasteiger partial charge on any atom is -0.394 e. The zero-order valence-corrected chi connectivity index (χ0v) is 12.5. The second-order valence-corrected chi connectivity index (χ2v) is 6.60. The summed E-state index contributed by atoms with van der Waals surface area (Å²) < 4.78 is 0. The predicted molar refractivity (Wildman–Crippen MR) is 80.2 cm³/mol. The Kier molecular flexibility index (Phi) is 6.76. The molecule has 0 amide bonds. The number of rotatable bonds is 8. The van der Waals surface area contributed by atoms with Gasteiger partial charge in [0.2, 0.25) is 0 Å². The van der Waals surface area contributed by atoms with E-state index in [1.165, 1.54) is 4.90 Å². The average Bonchev–Trinajstić information content (AvgIpc) is 2.37. The summed E-state index contributed by atoms with van der Waals surface area (Å²) in [7, 11) is 0. The van der Waals surface area contributed by atoms with Crippen LogP contribution in [0.3, 0.4) is 0 Å². The van der Waals surface area contributed by atoms with E-state index in [1.807, 2.05) is 17.8 Å². The van der Waals surface area contributed by atoms with Crippen LogP contribution in [0.15, 0.2) is 35.2 Å². The quantitative estimate of drug-likeness (QED) is 0.709. The molecular formula is C15H25NOS. The molecule has 0 saturated carbocycles. The van der Waals surface area contributed by atoms with Crippen molar-refractivity contribution in [1.82, 2.24) is 5.32 Å². The van der Waals surface area contributed by atoms with Crippen molar-refractivity contribution in [3.63, 3.8) is 0 Å². The Balaban J connectivity index is 2.49. The van der Waals surface area contributed by atoms with Crippen molar-refractivity contribution in [2.45, 2.75) is 49.3 Å². The first-order chi connectivity index (χ1) is 8.59. The largest absolute Gasteiger partial charge is 0.394 e. The van der Waals surface area contributed by atoms with Gasteiger partial charge in [0.25, 0.3) is 0 Å². The molecule has 0 aliphatic carbocycles. The van der Waals surface area contributed by atoms with Crippen LogP contribution in [0.4, 0.5) is 0 Å². The zero-order chi connectivity index (χ0) is 13.4. The monoisotopic (exact) mass is 267 g/mol. The van der Waals surface area contributed by atoms with Gasteiger partial charge in [-0.2, -0.15) is 0 Å². The molecule has 3 heteroatoms. The molecule has 1 aromatic carbocycles. The number of thioether (sulfide) groups is 1. The molecule has 0 aliphatic rings. The van der Waals surface area contributed by atoms with E-state index < -0.39 is 0 Å². The second-order valence-electron chi connectivity index (χ2n) is 5.09. The highest BCUT2D eigenvalue weighted by Crippen LogP contribution is 2.28. The Bertz CT molecular complexity index is 331. The van der Waals surface area contributed by atoms with Crippen LogP contribution in [0.1, 0.15) is 33.6 Å². The van der Waals surface area contributed by atoms with Crippen LogP contribution in [0.5, 0.6) is 0 Å². The molecule has 18 heavy (non-hydrogen) atoms. The SMILES string of the molecule is CCCNC(C)(CO)CC(C)Sc1ccccc1. The van der Waals surface area contributed by atoms with Crippen molar-refractivity contribution < 1.29 is 5.11 Å². The zero-order valence-electron chi connectivity index (χ0n) is 11.6. The Morgan fingerprint density at radius 3 is 2.56 bits per heavy atom. The second kappa shape index (κ2) is 7.82. The van der Waals surface area contributed by atoms with E-state index >= 15 is 0 Å². The lowest BCUT2D eigenvalue weighted by Crippen LogP contribution is -2.47. The molecule has 1 rings (SSSR count). The minimum atomic E-state index is -0.169. The molecule has 102 valence electrons. The van der Waals surface area contributed by atoms with Gasteiger partial charge in [0.05, 0.1) is 6.61 Å². The molecular weight excluding hydrogens is 242 g/mol. The highest BCUT2D eigenvalue weighted by molar-refractivity contribution is 7.99. The summed E-state index contributed by atoms with van der Waals surface area (Å²) >= 11 is 1.87. The van der Waals surface area contributed by atoms with Crippen LogP contribution in [-0.4, -0.2) is 29.0 Å². The summed E-state index contributed by atoms with van der Waals surface area (Å²) in [5.41, 5.74) is -0.169. The van der Waals surface area contributed by atoms with Gasteiger partial charge in [-0.15, -0.1) is 11.8 Å².